The molecule has 2 aromatic carbocycles. The third-order valence-corrected chi connectivity index (χ3v) is 7.48. The Morgan fingerprint density at radius 2 is 1.71 bits per heavy atom. The maximum atomic E-state index is 13.8. The number of hydrogen-bond donors (Lipinski definition) is 4. The van der Waals surface area contributed by atoms with Crippen LogP contribution in [-0.2, 0) is 20.8 Å². The van der Waals surface area contributed by atoms with Gasteiger partial charge in [-0.05, 0) is 63.8 Å². The van der Waals surface area contributed by atoms with E-state index in [4.69, 9.17) is 0 Å². The molecule has 5 amide bonds. The van der Waals surface area contributed by atoms with Crippen LogP contribution in [0.4, 0.5) is 10.5 Å². The van der Waals surface area contributed by atoms with E-state index in [1.165, 1.54) is 0 Å². The lowest BCUT2D eigenvalue weighted by Gasteiger charge is -2.33. The lowest BCUT2D eigenvalue weighted by Crippen LogP contribution is -2.55. The van der Waals surface area contributed by atoms with Crippen molar-refractivity contribution in [2.24, 2.45) is 0 Å². The van der Waals surface area contributed by atoms with Gasteiger partial charge in [0.15, 0.2) is 0 Å². The molecule has 0 aliphatic carbocycles. The van der Waals surface area contributed by atoms with Crippen LogP contribution in [0.3, 0.4) is 0 Å². The van der Waals surface area contributed by atoms with Gasteiger partial charge in [0.05, 0.1) is 6.04 Å². The molecule has 3 rings (SSSR count). The van der Waals surface area contributed by atoms with Gasteiger partial charge in [-0.3, -0.25) is 14.4 Å². The third-order valence-electron chi connectivity index (χ3n) is 7.48. The summed E-state index contributed by atoms with van der Waals surface area (Å²) >= 11 is 0. The SMILES string of the molecule is CN[C@@H](C)C(=O)N[C@@H](CCCNC(=O)Nc1ccccc1)C(=O)N1CCC[C@H]1CN(CCc1ccccc1)C(C)=O. The van der Waals surface area contributed by atoms with Crippen LogP contribution < -0.4 is 21.3 Å². The highest BCUT2D eigenvalue weighted by Gasteiger charge is 2.35. The quantitative estimate of drug-likeness (QED) is 0.263. The zero-order chi connectivity index (χ0) is 29.6. The molecule has 1 fully saturated rings. The summed E-state index contributed by atoms with van der Waals surface area (Å²) < 4.78 is 0. The molecule has 0 bridgehead atoms. The van der Waals surface area contributed by atoms with Gasteiger partial charge in [-0.2, -0.15) is 0 Å². The molecule has 10 heteroatoms. The predicted octanol–water partition coefficient (Wildman–Crippen LogP) is 2.76. The Labute approximate surface area is 243 Å². The summed E-state index contributed by atoms with van der Waals surface area (Å²) in [5.74, 6) is -0.429. The molecule has 0 spiro atoms. The van der Waals surface area contributed by atoms with Gasteiger partial charge in [-0.1, -0.05) is 48.5 Å². The largest absolute Gasteiger partial charge is 0.343 e. The normalized spacial score (nSPS) is 16.0. The highest BCUT2D eigenvalue weighted by Crippen LogP contribution is 2.21. The van der Waals surface area contributed by atoms with Crippen LogP contribution in [0.15, 0.2) is 60.7 Å². The van der Waals surface area contributed by atoms with Crippen LogP contribution in [-0.4, -0.2) is 84.9 Å². The van der Waals surface area contributed by atoms with Crippen LogP contribution >= 0.6 is 0 Å². The van der Waals surface area contributed by atoms with Crippen LogP contribution in [0.5, 0.6) is 0 Å². The second-order valence-corrected chi connectivity index (χ2v) is 10.5. The fourth-order valence-electron chi connectivity index (χ4n) is 4.95. The minimum Gasteiger partial charge on any atom is -0.343 e. The number of likely N-dealkylation sites (tertiary alicyclic amines) is 1. The van der Waals surface area contributed by atoms with E-state index in [2.05, 4.69) is 21.3 Å². The van der Waals surface area contributed by atoms with Crippen LogP contribution in [0, 0.1) is 0 Å². The summed E-state index contributed by atoms with van der Waals surface area (Å²) in [5.41, 5.74) is 1.85. The molecule has 1 saturated heterocycles. The first-order valence-corrected chi connectivity index (χ1v) is 14.5. The van der Waals surface area contributed by atoms with E-state index in [0.29, 0.717) is 44.7 Å². The Morgan fingerprint density at radius 1 is 1.02 bits per heavy atom. The zero-order valence-electron chi connectivity index (χ0n) is 24.4. The Hall–Kier alpha value is -3.92. The molecule has 0 unspecified atom stereocenters. The van der Waals surface area contributed by atoms with Gasteiger partial charge in [-0.25, -0.2) is 4.79 Å². The zero-order valence-corrected chi connectivity index (χ0v) is 24.4. The highest BCUT2D eigenvalue weighted by atomic mass is 16.2. The molecule has 10 nitrogen and oxygen atoms in total. The molecule has 3 atom stereocenters. The van der Waals surface area contributed by atoms with Crippen molar-refractivity contribution in [1.29, 1.82) is 0 Å². The second-order valence-electron chi connectivity index (χ2n) is 10.5. The molecule has 41 heavy (non-hydrogen) atoms. The van der Waals surface area contributed by atoms with E-state index in [0.717, 1.165) is 24.8 Å². The Balaban J connectivity index is 1.59. The topological polar surface area (TPSA) is 123 Å². The van der Waals surface area contributed by atoms with Gasteiger partial charge in [0, 0.05) is 44.8 Å². The molecular formula is C31H44N6O4. The third kappa shape index (κ3) is 10.2. The number of urea groups is 1. The van der Waals surface area contributed by atoms with E-state index in [-0.39, 0.29) is 29.8 Å². The van der Waals surface area contributed by atoms with Gasteiger partial charge in [0.2, 0.25) is 17.7 Å². The van der Waals surface area contributed by atoms with Gasteiger partial charge in [-0.15, -0.1) is 0 Å². The maximum Gasteiger partial charge on any atom is 0.319 e. The number of carbonyl (C=O) groups is 4. The number of nitrogens with zero attached hydrogens (tertiary/aromatic N) is 2. The molecule has 1 aliphatic rings. The molecule has 0 aromatic heterocycles. The van der Waals surface area contributed by atoms with Crippen molar-refractivity contribution >= 4 is 29.4 Å². The van der Waals surface area contributed by atoms with E-state index >= 15 is 0 Å². The van der Waals surface area contributed by atoms with Crippen molar-refractivity contribution < 1.29 is 19.2 Å². The minimum absolute atomic E-state index is 0.0206. The predicted molar refractivity (Wildman–Crippen MR) is 160 cm³/mol. The van der Waals surface area contributed by atoms with Crippen molar-refractivity contribution in [3.8, 4) is 0 Å². The van der Waals surface area contributed by atoms with Crippen LogP contribution in [0.1, 0.15) is 45.1 Å². The lowest BCUT2D eigenvalue weighted by molar-refractivity contribution is -0.139. The van der Waals surface area contributed by atoms with Crippen LogP contribution in [0.25, 0.3) is 0 Å². The smallest absolute Gasteiger partial charge is 0.319 e. The standard InChI is InChI=1S/C31H44N6O4/c1-23(32-3)29(39)35-28(17-10-19-33-31(41)34-26-14-8-5-9-15-26)30(40)37-20-11-16-27(37)22-36(24(2)38)21-18-25-12-6-4-7-13-25/h4-9,12-15,23,27-28,32H,10-11,16-22H2,1-3H3,(H,35,39)(H2,33,34,41)/t23-,27-,28-/m0/s1. The summed E-state index contributed by atoms with van der Waals surface area (Å²) in [6.45, 7) is 5.27. The maximum absolute atomic E-state index is 13.8. The molecule has 0 saturated carbocycles. The van der Waals surface area contributed by atoms with Crippen LogP contribution in [0.2, 0.25) is 0 Å². The van der Waals surface area contributed by atoms with Crippen molar-refractivity contribution in [2.75, 3.05) is 38.5 Å². The molecule has 1 aliphatic heterocycles. The fraction of sp³-hybridized carbons (Fsp3) is 0.484. The Bertz CT molecular complexity index is 1130. The van der Waals surface area contributed by atoms with E-state index in [9.17, 15) is 19.2 Å². The van der Waals surface area contributed by atoms with Crippen molar-refractivity contribution in [3.05, 3.63) is 66.2 Å². The summed E-state index contributed by atoms with van der Waals surface area (Å²) in [5, 5.41) is 11.4. The second kappa shape index (κ2) is 16.4. The Kier molecular flexibility index (Phi) is 12.6. The van der Waals surface area contributed by atoms with Gasteiger partial charge in [0.25, 0.3) is 0 Å². The highest BCUT2D eigenvalue weighted by molar-refractivity contribution is 5.90. The monoisotopic (exact) mass is 564 g/mol. The summed E-state index contributed by atoms with van der Waals surface area (Å²) in [4.78, 5) is 54.9. The molecular weight excluding hydrogens is 520 g/mol. The number of carbonyl (C=O) groups excluding carboxylic acids is 4. The van der Waals surface area contributed by atoms with Crippen molar-refractivity contribution in [2.45, 2.75) is 64.1 Å². The number of nitrogens with one attached hydrogen (secondary N) is 4. The van der Waals surface area contributed by atoms with E-state index in [1.807, 2.05) is 58.3 Å². The molecule has 2 aromatic rings. The summed E-state index contributed by atoms with van der Waals surface area (Å²) in [7, 11) is 1.69. The minimum atomic E-state index is -0.729. The number of amides is 5. The first-order chi connectivity index (χ1) is 19.8. The first-order valence-electron chi connectivity index (χ1n) is 14.5. The van der Waals surface area contributed by atoms with Gasteiger partial charge in [0.1, 0.15) is 6.04 Å². The van der Waals surface area contributed by atoms with Gasteiger partial charge < -0.3 is 31.1 Å². The fourth-order valence-corrected chi connectivity index (χ4v) is 4.95. The molecule has 222 valence electrons. The van der Waals surface area contributed by atoms with E-state index < -0.39 is 12.1 Å². The average Bonchev–Trinajstić information content (AvgIpc) is 3.45. The van der Waals surface area contributed by atoms with Crippen molar-refractivity contribution in [1.82, 2.24) is 25.8 Å². The molecule has 1 heterocycles. The van der Waals surface area contributed by atoms with Crippen molar-refractivity contribution in [3.63, 3.8) is 0 Å². The summed E-state index contributed by atoms with van der Waals surface area (Å²) in [6.07, 6.45) is 3.26. The van der Waals surface area contributed by atoms with E-state index in [1.54, 1.807) is 33.0 Å². The molecule has 0 radical (unpaired) electrons. The number of para-hydroxylation sites is 1. The first kappa shape index (κ1) is 31.6. The van der Waals surface area contributed by atoms with Gasteiger partial charge >= 0.3 is 6.03 Å². The lowest BCUT2D eigenvalue weighted by atomic mass is 10.1. The number of likely N-dealkylation sites (N-methyl/N-ethyl adjacent to an activating group) is 1. The number of benzene rings is 2. The molecule has 4 N–H and O–H groups in total. The number of hydrogen-bond acceptors (Lipinski definition) is 5. The average molecular weight is 565 g/mol. The number of rotatable bonds is 14. The Morgan fingerprint density at radius 3 is 2.37 bits per heavy atom. The summed E-state index contributed by atoms with van der Waals surface area (Å²) in [6, 6.07) is 17.6. The number of anilines is 1.